The van der Waals surface area contributed by atoms with Gasteiger partial charge < -0.3 is 9.84 Å². The molecular weight excluding hydrogens is 300 g/mol. The van der Waals surface area contributed by atoms with Gasteiger partial charge in [0, 0.05) is 19.4 Å². The summed E-state index contributed by atoms with van der Waals surface area (Å²) < 4.78 is 4.99. The van der Waals surface area contributed by atoms with Crippen molar-refractivity contribution in [3.05, 3.63) is 12.2 Å². The maximum Gasteiger partial charge on any atom is 0.305 e. The standard InChI is InChI=1S/C21H40O3/c1-2-3-4-5-6-7-8-9-10-11-12-13-14-15-16-18-21(23)24-20-17-19-22/h10-11,22H,2-9,12-20H2,1H3/b11-10-. The zero-order valence-electron chi connectivity index (χ0n) is 15.9. The van der Waals surface area contributed by atoms with E-state index in [1.807, 2.05) is 0 Å². The van der Waals surface area contributed by atoms with Crippen LogP contribution in [0.2, 0.25) is 0 Å². The minimum absolute atomic E-state index is 0.0831. The fourth-order valence-electron chi connectivity index (χ4n) is 2.66. The van der Waals surface area contributed by atoms with Crippen LogP contribution >= 0.6 is 0 Å². The van der Waals surface area contributed by atoms with Gasteiger partial charge in [-0.05, 0) is 32.1 Å². The third-order valence-corrected chi connectivity index (χ3v) is 4.21. The van der Waals surface area contributed by atoms with E-state index in [0.29, 0.717) is 19.4 Å². The second-order valence-electron chi connectivity index (χ2n) is 6.63. The summed E-state index contributed by atoms with van der Waals surface area (Å²) in [6, 6.07) is 0. The molecule has 0 amide bonds. The number of aliphatic hydroxyl groups is 1. The zero-order valence-corrected chi connectivity index (χ0v) is 15.9. The van der Waals surface area contributed by atoms with Crippen molar-refractivity contribution in [1.82, 2.24) is 0 Å². The molecule has 24 heavy (non-hydrogen) atoms. The fraction of sp³-hybridized carbons (Fsp3) is 0.857. The smallest absolute Gasteiger partial charge is 0.305 e. The van der Waals surface area contributed by atoms with Crippen molar-refractivity contribution in [1.29, 1.82) is 0 Å². The zero-order chi connectivity index (χ0) is 17.7. The number of hydrogen-bond donors (Lipinski definition) is 1. The van der Waals surface area contributed by atoms with Crippen LogP contribution in [0.15, 0.2) is 12.2 Å². The molecule has 0 aliphatic carbocycles. The van der Waals surface area contributed by atoms with Crippen LogP contribution in [-0.2, 0) is 9.53 Å². The van der Waals surface area contributed by atoms with Gasteiger partial charge in [0.1, 0.15) is 0 Å². The molecule has 0 saturated carbocycles. The fourth-order valence-corrected chi connectivity index (χ4v) is 2.66. The van der Waals surface area contributed by atoms with Gasteiger partial charge in [-0.1, -0.05) is 70.4 Å². The largest absolute Gasteiger partial charge is 0.466 e. The van der Waals surface area contributed by atoms with Gasteiger partial charge in [0.15, 0.2) is 0 Å². The summed E-state index contributed by atoms with van der Waals surface area (Å²) in [7, 11) is 0. The molecule has 3 nitrogen and oxygen atoms in total. The number of hydrogen-bond acceptors (Lipinski definition) is 3. The van der Waals surface area contributed by atoms with Crippen molar-refractivity contribution in [2.75, 3.05) is 13.2 Å². The van der Waals surface area contributed by atoms with Crippen molar-refractivity contribution < 1.29 is 14.6 Å². The third-order valence-electron chi connectivity index (χ3n) is 4.21. The molecule has 0 aromatic heterocycles. The van der Waals surface area contributed by atoms with Crippen LogP contribution in [0.1, 0.15) is 103 Å². The Kier molecular flexibility index (Phi) is 19.5. The number of carbonyl (C=O) groups excluding carboxylic acids is 1. The Bertz CT molecular complexity index is 287. The van der Waals surface area contributed by atoms with E-state index in [9.17, 15) is 4.79 Å². The summed E-state index contributed by atoms with van der Waals surface area (Å²) in [6.45, 7) is 2.69. The van der Waals surface area contributed by atoms with Crippen LogP contribution in [0.5, 0.6) is 0 Å². The highest BCUT2D eigenvalue weighted by atomic mass is 16.5. The Morgan fingerprint density at radius 2 is 1.33 bits per heavy atom. The first-order valence-electron chi connectivity index (χ1n) is 10.2. The molecule has 0 heterocycles. The average Bonchev–Trinajstić information content (AvgIpc) is 2.58. The molecule has 0 bridgehead atoms. The number of unbranched alkanes of at least 4 members (excludes halogenated alkanes) is 11. The van der Waals surface area contributed by atoms with E-state index in [1.54, 1.807) is 0 Å². The summed E-state index contributed by atoms with van der Waals surface area (Å²) in [5, 5.41) is 8.60. The summed E-state index contributed by atoms with van der Waals surface area (Å²) in [6.07, 6.45) is 22.2. The first kappa shape index (κ1) is 23.2. The van der Waals surface area contributed by atoms with Gasteiger partial charge in [0.05, 0.1) is 6.61 Å². The SMILES string of the molecule is CCCCCCCCC/C=C\CCCCCCC(=O)OCCCO. The highest BCUT2D eigenvalue weighted by Gasteiger charge is 2.01. The van der Waals surface area contributed by atoms with Crippen LogP contribution in [0.4, 0.5) is 0 Å². The molecule has 0 rings (SSSR count). The predicted molar refractivity (Wildman–Crippen MR) is 102 cm³/mol. The van der Waals surface area contributed by atoms with E-state index >= 15 is 0 Å². The van der Waals surface area contributed by atoms with Gasteiger partial charge in [-0.15, -0.1) is 0 Å². The lowest BCUT2D eigenvalue weighted by molar-refractivity contribution is -0.144. The van der Waals surface area contributed by atoms with Gasteiger partial charge >= 0.3 is 5.97 Å². The van der Waals surface area contributed by atoms with Gasteiger partial charge in [-0.2, -0.15) is 0 Å². The number of esters is 1. The van der Waals surface area contributed by atoms with Crippen LogP contribution in [0.3, 0.4) is 0 Å². The van der Waals surface area contributed by atoms with Crippen LogP contribution in [-0.4, -0.2) is 24.3 Å². The number of ether oxygens (including phenoxy) is 1. The van der Waals surface area contributed by atoms with Crippen molar-refractivity contribution in [2.24, 2.45) is 0 Å². The molecular formula is C21H40O3. The van der Waals surface area contributed by atoms with Gasteiger partial charge in [-0.3, -0.25) is 4.79 Å². The molecule has 142 valence electrons. The molecule has 0 atom stereocenters. The lowest BCUT2D eigenvalue weighted by Crippen LogP contribution is -2.06. The Balaban J connectivity index is 3.17. The molecule has 0 saturated heterocycles. The van der Waals surface area contributed by atoms with E-state index in [4.69, 9.17) is 9.84 Å². The molecule has 0 aliphatic heterocycles. The number of aliphatic hydroxyl groups excluding tert-OH is 1. The van der Waals surface area contributed by atoms with E-state index in [0.717, 1.165) is 19.3 Å². The van der Waals surface area contributed by atoms with Crippen molar-refractivity contribution in [2.45, 2.75) is 103 Å². The van der Waals surface area contributed by atoms with Gasteiger partial charge in [-0.25, -0.2) is 0 Å². The van der Waals surface area contributed by atoms with E-state index in [-0.39, 0.29) is 12.6 Å². The Labute approximate surface area is 149 Å². The highest BCUT2D eigenvalue weighted by molar-refractivity contribution is 5.69. The normalized spacial score (nSPS) is 11.2. The minimum atomic E-state index is -0.127. The summed E-state index contributed by atoms with van der Waals surface area (Å²) >= 11 is 0. The van der Waals surface area contributed by atoms with Crippen LogP contribution in [0, 0.1) is 0 Å². The van der Waals surface area contributed by atoms with Crippen LogP contribution < -0.4 is 0 Å². The quantitative estimate of drug-likeness (QED) is 0.190. The molecule has 0 fully saturated rings. The summed E-state index contributed by atoms with van der Waals surface area (Å²) in [4.78, 5) is 11.3. The maximum atomic E-state index is 11.3. The first-order chi connectivity index (χ1) is 11.8. The Morgan fingerprint density at radius 1 is 0.792 bits per heavy atom. The highest BCUT2D eigenvalue weighted by Crippen LogP contribution is 2.10. The lowest BCUT2D eigenvalue weighted by atomic mass is 10.1. The van der Waals surface area contributed by atoms with Crippen molar-refractivity contribution >= 4 is 5.97 Å². The van der Waals surface area contributed by atoms with Gasteiger partial charge in [0.2, 0.25) is 0 Å². The molecule has 0 aliphatic rings. The lowest BCUT2D eigenvalue weighted by Gasteiger charge is -2.03. The molecule has 0 aromatic rings. The number of allylic oxidation sites excluding steroid dienone is 2. The predicted octanol–water partition coefficient (Wildman–Crippen LogP) is 5.95. The summed E-state index contributed by atoms with van der Waals surface area (Å²) in [5.41, 5.74) is 0. The topological polar surface area (TPSA) is 46.5 Å². The van der Waals surface area contributed by atoms with Crippen LogP contribution in [0.25, 0.3) is 0 Å². The first-order valence-corrected chi connectivity index (χ1v) is 10.2. The molecule has 0 spiro atoms. The van der Waals surface area contributed by atoms with E-state index in [2.05, 4.69) is 19.1 Å². The second kappa shape index (κ2) is 20.2. The second-order valence-corrected chi connectivity index (χ2v) is 6.63. The monoisotopic (exact) mass is 340 g/mol. The molecule has 0 radical (unpaired) electrons. The van der Waals surface area contributed by atoms with Crippen molar-refractivity contribution in [3.8, 4) is 0 Å². The molecule has 3 heteroatoms. The molecule has 1 N–H and O–H groups in total. The van der Waals surface area contributed by atoms with E-state index < -0.39 is 0 Å². The molecule has 0 aromatic carbocycles. The number of rotatable bonds is 18. The van der Waals surface area contributed by atoms with Crippen molar-refractivity contribution in [3.63, 3.8) is 0 Å². The van der Waals surface area contributed by atoms with E-state index in [1.165, 1.54) is 64.2 Å². The Morgan fingerprint density at radius 3 is 1.92 bits per heavy atom. The molecule has 0 unspecified atom stereocenters. The van der Waals surface area contributed by atoms with Gasteiger partial charge in [0.25, 0.3) is 0 Å². The third kappa shape index (κ3) is 19.2. The minimum Gasteiger partial charge on any atom is -0.466 e. The average molecular weight is 341 g/mol. The number of carbonyl (C=O) groups is 1. The maximum absolute atomic E-state index is 11.3. The summed E-state index contributed by atoms with van der Waals surface area (Å²) in [5.74, 6) is -0.127. The Hall–Kier alpha value is -0.830.